The first-order chi connectivity index (χ1) is 34.0. The quantitative estimate of drug-likeness (QED) is 0.0321. The zero-order valence-corrected chi connectivity index (χ0v) is 46.6. The number of hydrogen-bond acceptors (Lipinski definition) is 5. The molecular weight excluding hydrogens is 851 g/mol. The number of hydrogen-bond donors (Lipinski definition) is 3. The van der Waals surface area contributed by atoms with Gasteiger partial charge in [0.2, 0.25) is 5.91 Å². The number of aliphatic hydroxyl groups excluding tert-OH is 2. The minimum absolute atomic E-state index is 0.00667. The van der Waals surface area contributed by atoms with Crippen LogP contribution in [-0.4, -0.2) is 47.4 Å². The Morgan fingerprint density at radius 2 is 0.681 bits per heavy atom. The van der Waals surface area contributed by atoms with Crippen LogP contribution in [-0.2, 0) is 14.3 Å². The summed E-state index contributed by atoms with van der Waals surface area (Å²) < 4.78 is 5.48. The van der Waals surface area contributed by atoms with Crippen molar-refractivity contribution in [2.75, 3.05) is 13.2 Å². The van der Waals surface area contributed by atoms with E-state index in [0.29, 0.717) is 19.4 Å². The Morgan fingerprint density at radius 3 is 1.03 bits per heavy atom. The van der Waals surface area contributed by atoms with Crippen LogP contribution >= 0.6 is 0 Å². The highest BCUT2D eigenvalue weighted by molar-refractivity contribution is 5.76. The van der Waals surface area contributed by atoms with Gasteiger partial charge in [-0.05, 0) is 57.8 Å². The third kappa shape index (κ3) is 55.5. The van der Waals surface area contributed by atoms with Crippen molar-refractivity contribution in [1.29, 1.82) is 0 Å². The molecule has 3 N–H and O–H groups in total. The Labute approximate surface area is 431 Å². The molecule has 69 heavy (non-hydrogen) atoms. The molecule has 0 fully saturated rings. The maximum Gasteiger partial charge on any atom is 0.305 e. The molecule has 0 saturated heterocycles. The molecule has 0 heterocycles. The lowest BCUT2D eigenvalue weighted by molar-refractivity contribution is -0.143. The number of allylic oxidation sites excluding steroid dienone is 3. The van der Waals surface area contributed by atoms with Crippen LogP contribution in [0.2, 0.25) is 0 Å². The SMILES string of the molecule is CCCCCCCCCCCCCCCCCCCC/C=C/C(O)C(CO)NC(=O)CCCCCCCCC/C=C\CCCCCCOC(=O)CCCCCCCCCCCCCCCCCCC. The van der Waals surface area contributed by atoms with E-state index in [9.17, 15) is 19.8 Å². The number of nitrogens with one attached hydrogen (secondary N) is 1. The summed E-state index contributed by atoms with van der Waals surface area (Å²) >= 11 is 0. The fourth-order valence-corrected chi connectivity index (χ4v) is 9.69. The third-order valence-electron chi connectivity index (χ3n) is 14.5. The van der Waals surface area contributed by atoms with Gasteiger partial charge < -0.3 is 20.3 Å². The van der Waals surface area contributed by atoms with Gasteiger partial charge in [0.25, 0.3) is 0 Å². The lowest BCUT2D eigenvalue weighted by Crippen LogP contribution is -2.45. The van der Waals surface area contributed by atoms with Gasteiger partial charge in [-0.25, -0.2) is 0 Å². The summed E-state index contributed by atoms with van der Waals surface area (Å²) in [5.41, 5.74) is 0. The van der Waals surface area contributed by atoms with E-state index >= 15 is 0 Å². The molecule has 0 aliphatic heterocycles. The van der Waals surface area contributed by atoms with E-state index in [2.05, 4.69) is 31.3 Å². The van der Waals surface area contributed by atoms with Gasteiger partial charge in [0.15, 0.2) is 0 Å². The third-order valence-corrected chi connectivity index (χ3v) is 14.5. The minimum atomic E-state index is -0.855. The monoisotopic (exact) mass is 972 g/mol. The van der Waals surface area contributed by atoms with Crippen LogP contribution in [0.25, 0.3) is 0 Å². The second kappa shape index (κ2) is 58.9. The predicted octanol–water partition coefficient (Wildman–Crippen LogP) is 19.4. The lowest BCUT2D eigenvalue weighted by Gasteiger charge is -2.20. The molecule has 408 valence electrons. The molecule has 1 amide bonds. The molecule has 6 nitrogen and oxygen atoms in total. The average Bonchev–Trinajstić information content (AvgIpc) is 3.35. The summed E-state index contributed by atoms with van der Waals surface area (Å²) in [5.74, 6) is -0.0868. The fourth-order valence-electron chi connectivity index (χ4n) is 9.69. The van der Waals surface area contributed by atoms with Gasteiger partial charge in [0, 0.05) is 12.8 Å². The average molecular weight is 973 g/mol. The molecule has 0 aromatic rings. The molecule has 0 aromatic carbocycles. The zero-order valence-electron chi connectivity index (χ0n) is 46.6. The topological polar surface area (TPSA) is 95.9 Å². The van der Waals surface area contributed by atoms with Crippen molar-refractivity contribution in [1.82, 2.24) is 5.32 Å². The predicted molar refractivity (Wildman–Crippen MR) is 301 cm³/mol. The van der Waals surface area contributed by atoms with E-state index in [1.54, 1.807) is 6.08 Å². The summed E-state index contributed by atoms with van der Waals surface area (Å²) in [7, 11) is 0. The first-order valence-corrected chi connectivity index (χ1v) is 31.1. The Kier molecular flexibility index (Phi) is 57.5. The van der Waals surface area contributed by atoms with Gasteiger partial charge in [0.1, 0.15) is 0 Å². The second-order valence-electron chi connectivity index (χ2n) is 21.4. The zero-order chi connectivity index (χ0) is 50.0. The largest absolute Gasteiger partial charge is 0.466 e. The highest BCUT2D eigenvalue weighted by atomic mass is 16.5. The summed E-state index contributed by atoms with van der Waals surface area (Å²) in [6.07, 6.45) is 72.1. The van der Waals surface area contributed by atoms with Crippen LogP contribution < -0.4 is 5.32 Å². The minimum Gasteiger partial charge on any atom is -0.466 e. The number of amides is 1. The van der Waals surface area contributed by atoms with Crippen LogP contribution in [0.3, 0.4) is 0 Å². The van der Waals surface area contributed by atoms with Crippen molar-refractivity contribution in [3.8, 4) is 0 Å². The molecule has 0 aliphatic rings. The molecule has 0 saturated carbocycles. The van der Waals surface area contributed by atoms with Crippen molar-refractivity contribution in [3.63, 3.8) is 0 Å². The maximum absolute atomic E-state index is 12.5. The van der Waals surface area contributed by atoms with Gasteiger partial charge in [-0.3, -0.25) is 9.59 Å². The highest BCUT2D eigenvalue weighted by Gasteiger charge is 2.18. The van der Waals surface area contributed by atoms with Gasteiger partial charge in [-0.15, -0.1) is 0 Å². The van der Waals surface area contributed by atoms with Crippen LogP contribution in [0.15, 0.2) is 24.3 Å². The van der Waals surface area contributed by atoms with Crippen LogP contribution in [0.4, 0.5) is 0 Å². The first kappa shape index (κ1) is 67.3. The molecule has 2 unspecified atom stereocenters. The standard InChI is InChI=1S/C63H121NO5/c1-3-5-7-9-11-13-15-17-19-21-22-23-25-27-31-35-39-43-47-51-55-61(66)60(59-65)64-62(67)56-52-48-44-40-36-32-28-26-30-34-38-42-46-50-54-58-69-63(68)57-53-49-45-41-37-33-29-24-20-18-16-14-12-10-8-6-4-2/h30,34,51,55,60-61,65-66H,3-29,31-33,35-50,52-54,56-59H2,1-2H3,(H,64,67)/b34-30-,55-51+. The molecule has 0 aromatic heterocycles. The first-order valence-electron chi connectivity index (χ1n) is 31.1. The Bertz CT molecular complexity index is 1080. The Balaban J connectivity index is 3.48. The van der Waals surface area contributed by atoms with Gasteiger partial charge in [0.05, 0.1) is 25.4 Å². The van der Waals surface area contributed by atoms with E-state index in [0.717, 1.165) is 70.6 Å². The number of esters is 1. The normalized spacial score (nSPS) is 12.7. The van der Waals surface area contributed by atoms with Crippen molar-refractivity contribution < 1.29 is 24.5 Å². The smallest absolute Gasteiger partial charge is 0.305 e. The van der Waals surface area contributed by atoms with Crippen molar-refractivity contribution >= 4 is 11.9 Å². The molecule has 0 aliphatic carbocycles. The van der Waals surface area contributed by atoms with E-state index < -0.39 is 12.1 Å². The van der Waals surface area contributed by atoms with Crippen LogP contribution in [0.5, 0.6) is 0 Å². The van der Waals surface area contributed by atoms with Crippen LogP contribution in [0.1, 0.15) is 341 Å². The number of aliphatic hydroxyl groups is 2. The number of unbranched alkanes of at least 4 members (excludes halogenated alkanes) is 45. The summed E-state index contributed by atoms with van der Waals surface area (Å²) in [6.45, 7) is 4.90. The molecular formula is C63H121NO5. The number of carbonyl (C=O) groups excluding carboxylic acids is 2. The molecule has 0 spiro atoms. The number of ether oxygens (including phenoxy) is 1. The van der Waals surface area contributed by atoms with E-state index in [4.69, 9.17) is 4.74 Å². The summed E-state index contributed by atoms with van der Waals surface area (Å²) in [4.78, 5) is 24.6. The van der Waals surface area contributed by atoms with Crippen molar-refractivity contribution in [3.05, 3.63) is 24.3 Å². The van der Waals surface area contributed by atoms with Crippen molar-refractivity contribution in [2.45, 2.75) is 353 Å². The van der Waals surface area contributed by atoms with Gasteiger partial charge in [-0.2, -0.15) is 0 Å². The Hall–Kier alpha value is -1.66. The number of carbonyl (C=O) groups is 2. The van der Waals surface area contributed by atoms with Crippen LogP contribution in [0, 0.1) is 0 Å². The highest BCUT2D eigenvalue weighted by Crippen LogP contribution is 2.17. The molecule has 0 rings (SSSR count). The molecule has 0 bridgehead atoms. The van der Waals surface area contributed by atoms with E-state index in [1.807, 2.05) is 6.08 Å². The van der Waals surface area contributed by atoms with Gasteiger partial charge >= 0.3 is 5.97 Å². The molecule has 2 atom stereocenters. The Morgan fingerprint density at radius 1 is 0.391 bits per heavy atom. The van der Waals surface area contributed by atoms with Gasteiger partial charge in [-0.1, -0.05) is 295 Å². The fraction of sp³-hybridized carbons (Fsp3) is 0.905. The second-order valence-corrected chi connectivity index (χ2v) is 21.4. The van der Waals surface area contributed by atoms with E-state index in [-0.39, 0.29) is 18.5 Å². The van der Waals surface area contributed by atoms with Crippen molar-refractivity contribution in [2.24, 2.45) is 0 Å². The summed E-state index contributed by atoms with van der Waals surface area (Å²) in [5, 5.41) is 23.2. The maximum atomic E-state index is 12.5. The molecule has 0 radical (unpaired) electrons. The van der Waals surface area contributed by atoms with E-state index in [1.165, 1.54) is 244 Å². The summed E-state index contributed by atoms with van der Waals surface area (Å²) in [6, 6.07) is -0.640. The number of rotatable bonds is 58. The molecule has 6 heteroatoms. The lowest BCUT2D eigenvalue weighted by atomic mass is 10.0.